The molecule has 1 N–H and O–H groups in total. The molecule has 0 saturated heterocycles. The molecule has 30 heavy (non-hydrogen) atoms. The molecule has 9 nitrogen and oxygen atoms in total. The Hall–Kier alpha value is -4.01. The van der Waals surface area contributed by atoms with E-state index in [0.29, 0.717) is 17.9 Å². The van der Waals surface area contributed by atoms with Gasteiger partial charge in [0.25, 0.3) is 5.56 Å². The monoisotopic (exact) mass is 404 g/mol. The lowest BCUT2D eigenvalue weighted by atomic mass is 10.2. The van der Waals surface area contributed by atoms with Crippen LogP contribution in [0, 0.1) is 6.92 Å². The first kappa shape index (κ1) is 19.3. The van der Waals surface area contributed by atoms with Crippen molar-refractivity contribution in [3.8, 4) is 5.75 Å². The number of carbonyl (C=O) groups excluding carboxylic acids is 1. The summed E-state index contributed by atoms with van der Waals surface area (Å²) in [5.41, 5.74) is 2.69. The van der Waals surface area contributed by atoms with Crippen molar-refractivity contribution in [2.75, 3.05) is 12.4 Å². The molecule has 0 radical (unpaired) electrons. The Morgan fingerprint density at radius 1 is 1.17 bits per heavy atom. The predicted octanol–water partition coefficient (Wildman–Crippen LogP) is 1.99. The van der Waals surface area contributed by atoms with E-state index < -0.39 is 5.56 Å². The van der Waals surface area contributed by atoms with Crippen LogP contribution in [0.25, 0.3) is 11.2 Å². The first-order valence-corrected chi connectivity index (χ1v) is 9.31. The van der Waals surface area contributed by atoms with Crippen LogP contribution in [0.4, 0.5) is 5.69 Å². The summed E-state index contributed by atoms with van der Waals surface area (Å²) in [6.45, 7) is 2.16. The number of aromatic nitrogens is 5. The molecule has 4 rings (SSSR count). The summed E-state index contributed by atoms with van der Waals surface area (Å²) in [5.74, 6) is 0.402. The van der Waals surface area contributed by atoms with E-state index in [2.05, 4.69) is 20.6 Å². The van der Waals surface area contributed by atoms with Crippen LogP contribution in [-0.2, 0) is 17.9 Å². The van der Waals surface area contributed by atoms with E-state index in [1.165, 1.54) is 10.9 Å². The lowest BCUT2D eigenvalue weighted by Gasteiger charge is -2.08. The van der Waals surface area contributed by atoms with Crippen LogP contribution in [0.5, 0.6) is 5.75 Å². The summed E-state index contributed by atoms with van der Waals surface area (Å²) in [6, 6.07) is 15.0. The van der Waals surface area contributed by atoms with Crippen LogP contribution in [0.2, 0.25) is 0 Å². The van der Waals surface area contributed by atoms with Crippen LogP contribution in [0.1, 0.15) is 11.1 Å². The van der Waals surface area contributed by atoms with E-state index in [0.717, 1.165) is 16.9 Å². The third-order valence-corrected chi connectivity index (χ3v) is 4.57. The summed E-state index contributed by atoms with van der Waals surface area (Å²) in [6.07, 6.45) is 1.34. The van der Waals surface area contributed by atoms with Gasteiger partial charge in [0, 0.05) is 5.69 Å². The summed E-state index contributed by atoms with van der Waals surface area (Å²) < 4.78 is 7.99. The Morgan fingerprint density at radius 3 is 2.80 bits per heavy atom. The molecular formula is C21H20N6O3. The van der Waals surface area contributed by atoms with Gasteiger partial charge in [-0.15, -0.1) is 5.10 Å². The zero-order chi connectivity index (χ0) is 21.1. The second kappa shape index (κ2) is 8.16. The molecule has 9 heteroatoms. The summed E-state index contributed by atoms with van der Waals surface area (Å²) >= 11 is 0. The molecule has 2 heterocycles. The number of amides is 1. The number of anilines is 1. The average molecular weight is 404 g/mol. The normalized spacial score (nSPS) is 10.9. The van der Waals surface area contributed by atoms with Crippen molar-refractivity contribution < 1.29 is 9.53 Å². The van der Waals surface area contributed by atoms with Crippen molar-refractivity contribution in [2.45, 2.75) is 20.0 Å². The molecule has 152 valence electrons. The topological polar surface area (TPSA) is 104 Å². The Kier molecular flexibility index (Phi) is 5.25. The highest BCUT2D eigenvalue weighted by molar-refractivity contribution is 5.90. The minimum absolute atomic E-state index is 0.115. The highest BCUT2D eigenvalue weighted by atomic mass is 16.5. The number of benzene rings is 2. The average Bonchev–Trinajstić information content (AvgIpc) is 3.13. The molecule has 0 aliphatic carbocycles. The van der Waals surface area contributed by atoms with Crippen LogP contribution < -0.4 is 15.6 Å². The van der Waals surface area contributed by atoms with Crippen LogP contribution in [0.3, 0.4) is 0 Å². The number of methoxy groups -OCH3 is 1. The highest BCUT2D eigenvalue weighted by Gasteiger charge is 2.14. The fourth-order valence-electron chi connectivity index (χ4n) is 3.13. The van der Waals surface area contributed by atoms with Gasteiger partial charge in [0.15, 0.2) is 11.2 Å². The minimum Gasteiger partial charge on any atom is -0.497 e. The van der Waals surface area contributed by atoms with Crippen LogP contribution in [0.15, 0.2) is 59.7 Å². The van der Waals surface area contributed by atoms with E-state index in [1.807, 2.05) is 49.4 Å². The number of ether oxygens (including phenoxy) is 1. The minimum atomic E-state index is -0.420. The van der Waals surface area contributed by atoms with Gasteiger partial charge in [-0.3, -0.25) is 14.2 Å². The maximum absolute atomic E-state index is 12.7. The maximum atomic E-state index is 12.7. The number of aryl methyl sites for hydroxylation is 1. The van der Waals surface area contributed by atoms with Gasteiger partial charge < -0.3 is 10.1 Å². The van der Waals surface area contributed by atoms with Crippen molar-refractivity contribution in [3.05, 3.63) is 76.3 Å². The van der Waals surface area contributed by atoms with Gasteiger partial charge in [-0.2, -0.15) is 0 Å². The molecule has 2 aromatic heterocycles. The molecule has 4 aromatic rings. The smallest absolute Gasteiger partial charge is 0.283 e. The largest absolute Gasteiger partial charge is 0.497 e. The molecular weight excluding hydrogens is 384 g/mol. The number of hydrogen-bond acceptors (Lipinski definition) is 6. The maximum Gasteiger partial charge on any atom is 0.283 e. The Balaban J connectivity index is 1.54. The molecule has 1 amide bonds. The van der Waals surface area contributed by atoms with Crippen molar-refractivity contribution in [1.82, 2.24) is 24.5 Å². The van der Waals surface area contributed by atoms with E-state index in [-0.39, 0.29) is 18.0 Å². The van der Waals surface area contributed by atoms with Gasteiger partial charge in [0.1, 0.15) is 18.6 Å². The molecule has 0 bridgehead atoms. The highest BCUT2D eigenvalue weighted by Crippen LogP contribution is 2.14. The second-order valence-electron chi connectivity index (χ2n) is 6.87. The molecule has 2 aromatic carbocycles. The van der Waals surface area contributed by atoms with E-state index >= 15 is 0 Å². The Morgan fingerprint density at radius 2 is 2.00 bits per heavy atom. The van der Waals surface area contributed by atoms with Gasteiger partial charge in [-0.1, -0.05) is 29.5 Å². The zero-order valence-electron chi connectivity index (χ0n) is 16.6. The van der Waals surface area contributed by atoms with Crippen molar-refractivity contribution >= 4 is 22.8 Å². The van der Waals surface area contributed by atoms with Gasteiger partial charge >= 0.3 is 0 Å². The van der Waals surface area contributed by atoms with E-state index in [1.54, 1.807) is 17.9 Å². The number of hydrogen-bond donors (Lipinski definition) is 1. The Bertz CT molecular complexity index is 1280. The molecule has 0 atom stereocenters. The van der Waals surface area contributed by atoms with Gasteiger partial charge in [0.05, 0.1) is 13.7 Å². The summed E-state index contributed by atoms with van der Waals surface area (Å²) in [5, 5.41) is 10.8. The van der Waals surface area contributed by atoms with Gasteiger partial charge in [0.2, 0.25) is 5.91 Å². The van der Waals surface area contributed by atoms with Crippen molar-refractivity contribution in [2.24, 2.45) is 0 Å². The van der Waals surface area contributed by atoms with Gasteiger partial charge in [-0.05, 0) is 42.3 Å². The van der Waals surface area contributed by atoms with Gasteiger partial charge in [-0.25, -0.2) is 9.67 Å². The zero-order valence-corrected chi connectivity index (χ0v) is 16.6. The van der Waals surface area contributed by atoms with E-state index in [4.69, 9.17) is 4.74 Å². The third kappa shape index (κ3) is 4.04. The molecule has 0 spiro atoms. The molecule has 0 aliphatic heterocycles. The second-order valence-corrected chi connectivity index (χ2v) is 6.87. The number of fused-ring (bicyclic) bond motifs is 1. The first-order chi connectivity index (χ1) is 14.5. The van der Waals surface area contributed by atoms with Crippen LogP contribution in [-0.4, -0.2) is 37.6 Å². The lowest BCUT2D eigenvalue weighted by Crippen LogP contribution is -2.28. The first-order valence-electron chi connectivity index (χ1n) is 9.31. The van der Waals surface area contributed by atoms with Crippen LogP contribution >= 0.6 is 0 Å². The Labute approximate surface area is 171 Å². The lowest BCUT2D eigenvalue weighted by molar-refractivity contribution is -0.116. The number of carbonyl (C=O) groups is 1. The molecule has 0 saturated carbocycles. The SMILES string of the molecule is COc1cccc(Cn2nnc3c(=O)n(CC(=O)Nc4cccc(C)c4)cnc32)c1. The predicted molar refractivity (Wildman–Crippen MR) is 111 cm³/mol. The summed E-state index contributed by atoms with van der Waals surface area (Å²) in [4.78, 5) is 29.4. The van der Waals surface area contributed by atoms with E-state index in [9.17, 15) is 9.59 Å². The van der Waals surface area contributed by atoms with Crippen molar-refractivity contribution in [3.63, 3.8) is 0 Å². The standard InChI is InChI=1S/C21H20N6O3/c1-14-5-3-7-16(9-14)23-18(28)12-26-13-22-20-19(21(26)29)24-25-27(20)11-15-6-4-8-17(10-15)30-2/h3-10,13H,11-12H2,1-2H3,(H,23,28). The summed E-state index contributed by atoms with van der Waals surface area (Å²) in [7, 11) is 1.60. The number of nitrogens with one attached hydrogen (secondary N) is 1. The fourth-order valence-corrected chi connectivity index (χ4v) is 3.13. The fraction of sp³-hybridized carbons (Fsp3) is 0.190. The molecule has 0 fully saturated rings. The quantitative estimate of drug-likeness (QED) is 0.527. The molecule has 0 aliphatic rings. The number of nitrogens with zero attached hydrogens (tertiary/aromatic N) is 5. The number of rotatable bonds is 6. The molecule has 0 unspecified atom stereocenters. The third-order valence-electron chi connectivity index (χ3n) is 4.57. The van der Waals surface area contributed by atoms with Crippen molar-refractivity contribution in [1.29, 1.82) is 0 Å².